The molecule has 0 aliphatic carbocycles. The lowest BCUT2D eigenvalue weighted by atomic mass is 10.1. The summed E-state index contributed by atoms with van der Waals surface area (Å²) in [6.45, 7) is 0. The van der Waals surface area contributed by atoms with Gasteiger partial charge in [-0.1, -0.05) is 53.5 Å². The molecule has 2 aromatic rings. The second kappa shape index (κ2) is 8.13. The summed E-state index contributed by atoms with van der Waals surface area (Å²) in [5, 5.41) is 6.93. The molecule has 0 unspecified atom stereocenters. The maximum absolute atomic E-state index is 11.9. The van der Waals surface area contributed by atoms with Gasteiger partial charge < -0.3 is 10.6 Å². The lowest BCUT2D eigenvalue weighted by Gasteiger charge is -2.11. The van der Waals surface area contributed by atoms with Crippen LogP contribution in [0.3, 0.4) is 0 Å². The number of carbonyl (C=O) groups is 1. The molecule has 0 spiro atoms. The minimum atomic E-state index is -0.176. The highest BCUT2D eigenvalue weighted by molar-refractivity contribution is 7.80. The molecule has 2 rings (SSSR count). The Bertz CT molecular complexity index is 691. The molecule has 2 aromatic carbocycles. The fourth-order valence-corrected chi connectivity index (χ4v) is 2.49. The van der Waals surface area contributed by atoms with Gasteiger partial charge in [-0.2, -0.15) is 0 Å². The predicted octanol–water partition coefficient (Wildman–Crippen LogP) is 4.44. The molecule has 0 aromatic heterocycles. The topological polar surface area (TPSA) is 41.1 Å². The van der Waals surface area contributed by atoms with Crippen LogP contribution in [0.5, 0.6) is 0 Å². The van der Waals surface area contributed by atoms with Crippen LogP contribution in [-0.2, 0) is 11.2 Å². The Morgan fingerprint density at radius 3 is 2.32 bits per heavy atom. The maximum atomic E-state index is 11.9. The van der Waals surface area contributed by atoms with E-state index in [4.69, 9.17) is 35.4 Å². The van der Waals surface area contributed by atoms with Crippen molar-refractivity contribution in [2.45, 2.75) is 12.8 Å². The Labute approximate surface area is 144 Å². The summed E-state index contributed by atoms with van der Waals surface area (Å²) >= 11 is 17.2. The van der Waals surface area contributed by atoms with Crippen molar-refractivity contribution < 1.29 is 4.79 Å². The van der Waals surface area contributed by atoms with E-state index in [2.05, 4.69) is 10.6 Å². The normalized spacial score (nSPS) is 10.1. The summed E-state index contributed by atoms with van der Waals surface area (Å²) in [4.78, 5) is 11.9. The summed E-state index contributed by atoms with van der Waals surface area (Å²) in [5.74, 6) is -0.176. The summed E-state index contributed by atoms with van der Waals surface area (Å²) in [6.07, 6.45) is 0.855. The summed E-state index contributed by atoms with van der Waals surface area (Å²) in [6, 6.07) is 14.6. The number of nitrogens with one attached hydrogen (secondary N) is 2. The van der Waals surface area contributed by atoms with E-state index in [1.165, 1.54) is 0 Å². The van der Waals surface area contributed by atoms with Crippen LogP contribution in [0, 0.1) is 0 Å². The molecular weight excluding hydrogens is 339 g/mol. The van der Waals surface area contributed by atoms with Gasteiger partial charge in [0.2, 0.25) is 5.91 Å². The zero-order valence-electron chi connectivity index (χ0n) is 11.6. The first kappa shape index (κ1) is 16.7. The summed E-state index contributed by atoms with van der Waals surface area (Å²) in [7, 11) is 0. The average Bonchev–Trinajstić information content (AvgIpc) is 2.49. The predicted molar refractivity (Wildman–Crippen MR) is 95.6 cm³/mol. The number of aryl methyl sites for hydroxylation is 1. The quantitative estimate of drug-likeness (QED) is 0.799. The molecule has 0 radical (unpaired) electrons. The van der Waals surface area contributed by atoms with E-state index in [-0.39, 0.29) is 11.0 Å². The first-order chi connectivity index (χ1) is 10.6. The number of halogens is 2. The van der Waals surface area contributed by atoms with Gasteiger partial charge in [-0.15, -0.1) is 0 Å². The number of rotatable bonds is 4. The van der Waals surface area contributed by atoms with E-state index in [9.17, 15) is 4.79 Å². The molecule has 0 aliphatic heterocycles. The van der Waals surface area contributed by atoms with Gasteiger partial charge in [0.15, 0.2) is 5.11 Å². The monoisotopic (exact) mass is 352 g/mol. The minimum Gasteiger partial charge on any atom is -0.331 e. The van der Waals surface area contributed by atoms with Gasteiger partial charge >= 0.3 is 0 Å². The fourth-order valence-electron chi connectivity index (χ4n) is 1.85. The molecule has 2 N–H and O–H groups in total. The smallest absolute Gasteiger partial charge is 0.226 e. The van der Waals surface area contributed by atoms with Gasteiger partial charge in [0, 0.05) is 11.4 Å². The van der Waals surface area contributed by atoms with Gasteiger partial charge in [0.1, 0.15) is 0 Å². The van der Waals surface area contributed by atoms with Crippen molar-refractivity contribution >= 4 is 52.1 Å². The molecule has 114 valence electrons. The van der Waals surface area contributed by atoms with E-state index < -0.39 is 0 Å². The molecule has 6 heteroatoms. The van der Waals surface area contributed by atoms with Crippen LogP contribution in [0.4, 0.5) is 5.69 Å². The van der Waals surface area contributed by atoms with E-state index in [0.717, 1.165) is 5.56 Å². The largest absolute Gasteiger partial charge is 0.331 e. The third-order valence-corrected chi connectivity index (χ3v) is 3.86. The molecule has 1 amide bonds. The molecule has 0 saturated carbocycles. The highest BCUT2D eigenvalue weighted by Gasteiger charge is 2.08. The van der Waals surface area contributed by atoms with Crippen molar-refractivity contribution in [2.24, 2.45) is 0 Å². The standard InChI is InChI=1S/C16H14Cl2N2OS/c17-12-6-2-1-5-11(12)9-10-15(21)20-16(22)19-14-8-4-3-7-13(14)18/h1-8H,9-10H2,(H2,19,20,21,22). The van der Waals surface area contributed by atoms with Gasteiger partial charge in [0.05, 0.1) is 10.7 Å². The lowest BCUT2D eigenvalue weighted by Crippen LogP contribution is -2.34. The van der Waals surface area contributed by atoms with Crippen molar-refractivity contribution in [1.82, 2.24) is 5.32 Å². The lowest BCUT2D eigenvalue weighted by molar-refractivity contribution is -0.119. The Hall–Kier alpha value is -1.62. The molecule has 3 nitrogen and oxygen atoms in total. The third-order valence-electron chi connectivity index (χ3n) is 2.95. The van der Waals surface area contributed by atoms with Crippen LogP contribution in [0.15, 0.2) is 48.5 Å². The Kier molecular flexibility index (Phi) is 6.19. The van der Waals surface area contributed by atoms with E-state index in [1.807, 2.05) is 30.3 Å². The SMILES string of the molecule is O=C(CCc1ccccc1Cl)NC(=S)Nc1ccccc1Cl. The molecule has 0 saturated heterocycles. The number of benzene rings is 2. The second-order valence-corrected chi connectivity index (χ2v) is 5.80. The zero-order valence-corrected chi connectivity index (χ0v) is 13.9. The minimum absolute atomic E-state index is 0.176. The number of para-hydroxylation sites is 1. The maximum Gasteiger partial charge on any atom is 0.226 e. The fraction of sp³-hybridized carbons (Fsp3) is 0.125. The van der Waals surface area contributed by atoms with Gasteiger partial charge in [0.25, 0.3) is 0 Å². The second-order valence-electron chi connectivity index (χ2n) is 4.57. The Balaban J connectivity index is 1.83. The van der Waals surface area contributed by atoms with Gasteiger partial charge in [-0.3, -0.25) is 4.79 Å². The Morgan fingerprint density at radius 1 is 1.00 bits per heavy atom. The molecule has 22 heavy (non-hydrogen) atoms. The van der Waals surface area contributed by atoms with Crippen molar-refractivity contribution in [3.8, 4) is 0 Å². The van der Waals surface area contributed by atoms with E-state index >= 15 is 0 Å². The van der Waals surface area contributed by atoms with Crippen molar-refractivity contribution in [2.75, 3.05) is 5.32 Å². The first-order valence-electron chi connectivity index (χ1n) is 6.65. The van der Waals surface area contributed by atoms with Crippen LogP contribution in [0.2, 0.25) is 10.0 Å². The van der Waals surface area contributed by atoms with E-state index in [0.29, 0.717) is 28.6 Å². The molecule has 0 atom stereocenters. The molecular formula is C16H14Cl2N2OS. The van der Waals surface area contributed by atoms with Crippen molar-refractivity contribution in [3.05, 3.63) is 64.1 Å². The highest BCUT2D eigenvalue weighted by atomic mass is 35.5. The van der Waals surface area contributed by atoms with Crippen LogP contribution < -0.4 is 10.6 Å². The van der Waals surface area contributed by atoms with E-state index in [1.54, 1.807) is 18.2 Å². The number of amides is 1. The van der Waals surface area contributed by atoms with Crippen molar-refractivity contribution in [1.29, 1.82) is 0 Å². The molecule has 0 heterocycles. The zero-order chi connectivity index (χ0) is 15.9. The van der Waals surface area contributed by atoms with Crippen LogP contribution in [0.1, 0.15) is 12.0 Å². The highest BCUT2D eigenvalue weighted by Crippen LogP contribution is 2.20. The number of hydrogen-bond donors (Lipinski definition) is 2. The Morgan fingerprint density at radius 2 is 1.64 bits per heavy atom. The van der Waals surface area contributed by atoms with Crippen LogP contribution in [-0.4, -0.2) is 11.0 Å². The van der Waals surface area contributed by atoms with Gasteiger partial charge in [-0.05, 0) is 42.4 Å². The third kappa shape index (κ3) is 4.98. The number of anilines is 1. The van der Waals surface area contributed by atoms with Gasteiger partial charge in [-0.25, -0.2) is 0 Å². The molecule has 0 fully saturated rings. The number of hydrogen-bond acceptors (Lipinski definition) is 2. The number of carbonyl (C=O) groups excluding carboxylic acids is 1. The first-order valence-corrected chi connectivity index (χ1v) is 7.81. The molecule has 0 aliphatic rings. The van der Waals surface area contributed by atoms with Crippen LogP contribution >= 0.6 is 35.4 Å². The van der Waals surface area contributed by atoms with Crippen LogP contribution in [0.25, 0.3) is 0 Å². The average molecular weight is 353 g/mol. The molecule has 0 bridgehead atoms. The number of thiocarbonyl (C=S) groups is 1. The van der Waals surface area contributed by atoms with Crippen molar-refractivity contribution in [3.63, 3.8) is 0 Å². The summed E-state index contributed by atoms with van der Waals surface area (Å²) in [5.41, 5.74) is 1.59. The summed E-state index contributed by atoms with van der Waals surface area (Å²) < 4.78 is 0.